The molecule has 2 atom stereocenters. The van der Waals surface area contributed by atoms with Crippen LogP contribution in [0, 0.1) is 0 Å². The highest BCUT2D eigenvalue weighted by atomic mass is 79.9. The van der Waals surface area contributed by atoms with E-state index in [1.54, 1.807) is 14.2 Å². The van der Waals surface area contributed by atoms with Gasteiger partial charge in [-0.25, -0.2) is 4.99 Å². The van der Waals surface area contributed by atoms with E-state index in [4.69, 9.17) is 29.0 Å². The van der Waals surface area contributed by atoms with Gasteiger partial charge in [0.05, 0.1) is 20.8 Å². The van der Waals surface area contributed by atoms with Gasteiger partial charge in [0, 0.05) is 40.5 Å². The summed E-state index contributed by atoms with van der Waals surface area (Å²) in [6.45, 7) is 0.859. The van der Waals surface area contributed by atoms with Gasteiger partial charge in [-0.1, -0.05) is 68.3 Å². The van der Waals surface area contributed by atoms with Gasteiger partial charge in [0.25, 0.3) is 5.91 Å². The molecule has 0 aromatic heterocycles. The molecule has 2 N–H and O–H groups in total. The number of nitrogens with one attached hydrogen (secondary N) is 1. The lowest BCUT2D eigenvalue weighted by atomic mass is 9.82. The van der Waals surface area contributed by atoms with Gasteiger partial charge in [-0.3, -0.25) is 4.79 Å². The third-order valence-electron chi connectivity index (χ3n) is 7.77. The molecule has 0 aliphatic carbocycles. The van der Waals surface area contributed by atoms with Crippen molar-refractivity contribution in [2.75, 3.05) is 34.0 Å². The molecule has 0 saturated heterocycles. The van der Waals surface area contributed by atoms with Crippen molar-refractivity contribution in [2.45, 2.75) is 30.9 Å². The van der Waals surface area contributed by atoms with Gasteiger partial charge in [0.2, 0.25) is 5.90 Å². The molecule has 4 aromatic carbocycles. The van der Waals surface area contributed by atoms with Crippen LogP contribution in [-0.2, 0) is 22.4 Å². The molecule has 5 rings (SSSR count). The first kappa shape index (κ1) is 33.5. The number of aliphatic hydroxyl groups excluding tert-OH is 1. The van der Waals surface area contributed by atoms with E-state index < -0.39 is 11.6 Å². The standard InChI is InChI=1S/C36H36Br2N2O6/c1-43-31-17-8-24(22-32(31)44-2)18-19-39-35(42)36(23-27-6-3-4-7-30(27)38)33(25-9-13-28(37)14-10-25)46-34(40-36)26-11-15-29(16-12-26)45-21-5-20-41/h3-4,6-17,22,33,41H,5,18-21,23H2,1-2H3,(H,39,42)/t33-,36-/m1/s1. The van der Waals surface area contributed by atoms with Crippen LogP contribution in [0.5, 0.6) is 17.2 Å². The minimum absolute atomic E-state index is 0.0656. The van der Waals surface area contributed by atoms with Gasteiger partial charge in [0.1, 0.15) is 5.75 Å². The zero-order valence-corrected chi connectivity index (χ0v) is 28.8. The number of carbonyl (C=O) groups excluding carboxylic acids is 1. The summed E-state index contributed by atoms with van der Waals surface area (Å²) in [5.41, 5.74) is 2.16. The molecule has 1 aliphatic heterocycles. The first-order valence-corrected chi connectivity index (χ1v) is 16.5. The molecule has 10 heteroatoms. The van der Waals surface area contributed by atoms with E-state index in [0.717, 1.165) is 31.2 Å². The highest BCUT2D eigenvalue weighted by Crippen LogP contribution is 2.43. The third kappa shape index (κ3) is 7.74. The highest BCUT2D eigenvalue weighted by Gasteiger charge is 2.53. The van der Waals surface area contributed by atoms with Crippen molar-refractivity contribution in [1.82, 2.24) is 5.32 Å². The van der Waals surface area contributed by atoms with Crippen LogP contribution in [-0.4, -0.2) is 56.4 Å². The Kier molecular flexibility index (Phi) is 11.4. The number of nitrogens with zero attached hydrogens (tertiary/aromatic N) is 1. The molecule has 0 unspecified atom stereocenters. The molecule has 0 saturated carbocycles. The predicted octanol–water partition coefficient (Wildman–Crippen LogP) is 6.85. The number of halogens is 2. The number of methoxy groups -OCH3 is 2. The van der Waals surface area contributed by atoms with Crippen LogP contribution in [0.15, 0.2) is 105 Å². The largest absolute Gasteiger partial charge is 0.494 e. The lowest BCUT2D eigenvalue weighted by Crippen LogP contribution is -2.50. The quantitative estimate of drug-likeness (QED) is 0.137. The van der Waals surface area contributed by atoms with Crippen LogP contribution >= 0.6 is 31.9 Å². The van der Waals surface area contributed by atoms with E-state index in [-0.39, 0.29) is 12.5 Å². The van der Waals surface area contributed by atoms with E-state index in [1.165, 1.54) is 0 Å². The fourth-order valence-corrected chi connectivity index (χ4v) is 6.05. The Balaban J connectivity index is 1.50. The third-order valence-corrected chi connectivity index (χ3v) is 9.07. The Bertz CT molecular complexity index is 1660. The summed E-state index contributed by atoms with van der Waals surface area (Å²) in [5.74, 6) is 2.09. The van der Waals surface area contributed by atoms with Crippen LogP contribution < -0.4 is 19.5 Å². The fraction of sp³-hybridized carbons (Fsp3) is 0.278. The van der Waals surface area contributed by atoms with E-state index in [9.17, 15) is 4.79 Å². The number of aliphatic imine (C=N–C) groups is 1. The van der Waals surface area contributed by atoms with Crippen LogP contribution in [0.2, 0.25) is 0 Å². The summed E-state index contributed by atoms with van der Waals surface area (Å²) in [6, 6.07) is 28.8. The average molecular weight is 753 g/mol. The Morgan fingerprint density at radius 1 is 0.957 bits per heavy atom. The molecule has 1 heterocycles. The van der Waals surface area contributed by atoms with Crippen molar-refractivity contribution >= 4 is 43.7 Å². The minimum atomic E-state index is -1.32. The second-order valence-electron chi connectivity index (χ2n) is 10.8. The molecule has 0 bridgehead atoms. The minimum Gasteiger partial charge on any atom is -0.494 e. The molecule has 1 aliphatic rings. The smallest absolute Gasteiger partial charge is 0.252 e. The molecule has 1 amide bonds. The number of benzene rings is 4. The van der Waals surface area contributed by atoms with E-state index in [2.05, 4.69) is 37.2 Å². The lowest BCUT2D eigenvalue weighted by Gasteiger charge is -2.31. The molecule has 0 spiro atoms. The lowest BCUT2D eigenvalue weighted by molar-refractivity contribution is -0.128. The first-order valence-electron chi connectivity index (χ1n) is 15.0. The van der Waals surface area contributed by atoms with E-state index in [1.807, 2.05) is 91.0 Å². The summed E-state index contributed by atoms with van der Waals surface area (Å²) in [5, 5.41) is 12.3. The van der Waals surface area contributed by atoms with Crippen molar-refractivity contribution < 1.29 is 28.8 Å². The van der Waals surface area contributed by atoms with E-state index in [0.29, 0.717) is 55.6 Å². The predicted molar refractivity (Wildman–Crippen MR) is 185 cm³/mol. The maximum absolute atomic E-state index is 14.5. The molecule has 8 nitrogen and oxygen atoms in total. The molecule has 0 fully saturated rings. The number of amides is 1. The number of ether oxygens (including phenoxy) is 4. The van der Waals surface area contributed by atoms with Gasteiger partial charge in [-0.15, -0.1) is 0 Å². The molecule has 0 radical (unpaired) electrons. The fourth-order valence-electron chi connectivity index (χ4n) is 5.36. The second kappa shape index (κ2) is 15.6. The second-order valence-corrected chi connectivity index (χ2v) is 12.6. The Labute approximate surface area is 286 Å². The van der Waals surface area contributed by atoms with Crippen LogP contribution in [0.1, 0.15) is 34.8 Å². The summed E-state index contributed by atoms with van der Waals surface area (Å²) < 4.78 is 25.0. The summed E-state index contributed by atoms with van der Waals surface area (Å²) >= 11 is 7.22. The number of aliphatic hydroxyl groups is 1. The van der Waals surface area contributed by atoms with Gasteiger partial charge in [-0.05, 0) is 77.7 Å². The molecular formula is C36H36Br2N2O6. The summed E-state index contributed by atoms with van der Waals surface area (Å²) in [7, 11) is 3.20. The Hall–Kier alpha value is -3.86. The van der Waals surface area contributed by atoms with Crippen molar-refractivity contribution in [3.8, 4) is 17.2 Å². The Morgan fingerprint density at radius 2 is 1.70 bits per heavy atom. The van der Waals surface area contributed by atoms with Gasteiger partial charge < -0.3 is 29.4 Å². The van der Waals surface area contributed by atoms with Crippen molar-refractivity contribution in [2.24, 2.45) is 4.99 Å². The van der Waals surface area contributed by atoms with Crippen molar-refractivity contribution in [3.05, 3.63) is 122 Å². The van der Waals surface area contributed by atoms with Crippen LogP contribution in [0.3, 0.4) is 0 Å². The van der Waals surface area contributed by atoms with Gasteiger partial charge >= 0.3 is 0 Å². The maximum atomic E-state index is 14.5. The Morgan fingerprint density at radius 3 is 2.39 bits per heavy atom. The molecular weight excluding hydrogens is 716 g/mol. The summed E-state index contributed by atoms with van der Waals surface area (Å²) in [6.07, 6.45) is 0.716. The zero-order valence-electron chi connectivity index (χ0n) is 25.7. The highest BCUT2D eigenvalue weighted by molar-refractivity contribution is 9.10. The number of hydrogen-bond donors (Lipinski definition) is 2. The number of rotatable bonds is 14. The van der Waals surface area contributed by atoms with Crippen LogP contribution in [0.4, 0.5) is 0 Å². The van der Waals surface area contributed by atoms with Gasteiger partial charge in [-0.2, -0.15) is 0 Å². The summed E-state index contributed by atoms with van der Waals surface area (Å²) in [4.78, 5) is 19.6. The number of carbonyl (C=O) groups is 1. The molecule has 240 valence electrons. The monoisotopic (exact) mass is 750 g/mol. The van der Waals surface area contributed by atoms with Crippen LogP contribution in [0.25, 0.3) is 0 Å². The van der Waals surface area contributed by atoms with E-state index >= 15 is 0 Å². The maximum Gasteiger partial charge on any atom is 0.252 e. The SMILES string of the molecule is COc1ccc(CCNC(=O)[C@]2(Cc3ccccc3Br)N=C(c3ccc(OCCCO)cc3)O[C@@H]2c2ccc(Br)cc2)cc1OC. The van der Waals surface area contributed by atoms with Gasteiger partial charge in [0.15, 0.2) is 23.1 Å². The average Bonchev–Trinajstić information content (AvgIpc) is 3.47. The normalized spacial score (nSPS) is 17.2. The molecule has 46 heavy (non-hydrogen) atoms. The van der Waals surface area contributed by atoms with Crippen molar-refractivity contribution in [3.63, 3.8) is 0 Å². The zero-order chi connectivity index (χ0) is 32.5. The topological polar surface area (TPSA) is 98.6 Å². The van der Waals surface area contributed by atoms with Crippen molar-refractivity contribution in [1.29, 1.82) is 0 Å². The first-order chi connectivity index (χ1) is 22.4. The molecule has 4 aromatic rings. The number of hydrogen-bond acceptors (Lipinski definition) is 7.